The average Bonchev–Trinajstić information content (AvgIpc) is 3.59. The molecule has 0 spiro atoms. The molecule has 2 amide bonds. The lowest BCUT2D eigenvalue weighted by molar-refractivity contribution is -0.119. The van der Waals surface area contributed by atoms with Crippen molar-refractivity contribution in [1.29, 1.82) is 0 Å². The minimum absolute atomic E-state index is 0.0128. The number of hydrogen-bond acceptors (Lipinski definition) is 4. The molecule has 7 heteroatoms. The number of anilines is 1. The zero-order valence-electron chi connectivity index (χ0n) is 20.2. The molecular weight excluding hydrogens is 438 g/mol. The van der Waals surface area contributed by atoms with Crippen LogP contribution < -0.4 is 4.90 Å². The maximum absolute atomic E-state index is 13.6. The Labute approximate surface area is 206 Å². The number of aromatic amines is 1. The number of fused-ring (bicyclic) bond motifs is 1. The van der Waals surface area contributed by atoms with E-state index in [0.717, 1.165) is 68.3 Å². The molecule has 1 aliphatic heterocycles. The molecule has 1 fully saturated rings. The highest BCUT2D eigenvalue weighted by molar-refractivity contribution is 5.97. The van der Waals surface area contributed by atoms with Crippen LogP contribution in [0.1, 0.15) is 67.3 Å². The molecule has 182 valence electrons. The lowest BCUT2D eigenvalue weighted by Gasteiger charge is -2.28. The smallest absolute Gasteiger partial charge is 0.254 e. The van der Waals surface area contributed by atoms with Crippen molar-refractivity contribution in [2.75, 3.05) is 18.0 Å². The molecule has 7 nitrogen and oxygen atoms in total. The molecule has 5 rings (SSSR count). The van der Waals surface area contributed by atoms with Crippen molar-refractivity contribution in [3.63, 3.8) is 0 Å². The highest BCUT2D eigenvalue weighted by Crippen LogP contribution is 2.34. The van der Waals surface area contributed by atoms with Gasteiger partial charge in [0.25, 0.3) is 5.91 Å². The summed E-state index contributed by atoms with van der Waals surface area (Å²) in [6.07, 6.45) is 10.0. The van der Waals surface area contributed by atoms with Gasteiger partial charge in [0.15, 0.2) is 5.82 Å². The normalized spacial score (nSPS) is 17.6. The molecule has 0 radical (unpaired) electrons. The number of para-hydroxylation sites is 1. The third-order valence-corrected chi connectivity index (χ3v) is 7.00. The van der Waals surface area contributed by atoms with Crippen LogP contribution in [0.15, 0.2) is 54.9 Å². The Bertz CT molecular complexity index is 1140. The first-order chi connectivity index (χ1) is 17.2. The first kappa shape index (κ1) is 23.3. The Morgan fingerprint density at radius 3 is 2.29 bits per heavy atom. The van der Waals surface area contributed by atoms with Gasteiger partial charge in [0, 0.05) is 42.4 Å². The van der Waals surface area contributed by atoms with Gasteiger partial charge in [-0.3, -0.25) is 14.7 Å². The zero-order chi connectivity index (χ0) is 24.0. The van der Waals surface area contributed by atoms with Crippen molar-refractivity contribution in [2.45, 2.75) is 57.9 Å². The average molecular weight is 472 g/mol. The van der Waals surface area contributed by atoms with Crippen molar-refractivity contribution in [3.8, 4) is 11.4 Å². The highest BCUT2D eigenvalue weighted by atomic mass is 16.2. The summed E-state index contributed by atoms with van der Waals surface area (Å²) in [5.41, 5.74) is 3.54. The number of rotatable bonds is 3. The maximum atomic E-state index is 13.6. The maximum Gasteiger partial charge on any atom is 0.254 e. The Kier molecular flexibility index (Phi) is 7.21. The van der Waals surface area contributed by atoms with Crippen LogP contribution >= 0.6 is 0 Å². The molecule has 35 heavy (non-hydrogen) atoms. The van der Waals surface area contributed by atoms with Crippen LogP contribution in [0.25, 0.3) is 11.4 Å². The number of amides is 2. The van der Waals surface area contributed by atoms with Gasteiger partial charge in [0.1, 0.15) is 6.33 Å². The Hall–Kier alpha value is -3.48. The van der Waals surface area contributed by atoms with E-state index >= 15 is 0 Å². The van der Waals surface area contributed by atoms with Crippen molar-refractivity contribution < 1.29 is 9.59 Å². The van der Waals surface area contributed by atoms with E-state index in [1.54, 1.807) is 0 Å². The summed E-state index contributed by atoms with van der Waals surface area (Å²) < 4.78 is 0. The van der Waals surface area contributed by atoms with Gasteiger partial charge >= 0.3 is 0 Å². The fraction of sp³-hybridized carbons (Fsp3) is 0.429. The van der Waals surface area contributed by atoms with Crippen molar-refractivity contribution in [1.82, 2.24) is 20.1 Å². The molecule has 1 aromatic heterocycles. The molecule has 0 unspecified atom stereocenters. The predicted octanol–water partition coefficient (Wildman–Crippen LogP) is 5.21. The Balaban J connectivity index is 1.42. The van der Waals surface area contributed by atoms with Crippen molar-refractivity contribution >= 4 is 17.5 Å². The standard InChI is InChI=1S/C28H33N5O2/c34-27(22-13-11-21(12-14-22)26-29-20-30-31-26)32-17-7-3-1-2-4-8-18-33(28(35)23-15-16-23)25-10-6-5-9-24(25)19-32/h5-6,9-14,20,23H,1-4,7-8,15-19H2,(H,29,30,31). The topological polar surface area (TPSA) is 82.2 Å². The minimum Gasteiger partial charge on any atom is -0.334 e. The van der Waals surface area contributed by atoms with E-state index in [4.69, 9.17) is 0 Å². The Morgan fingerprint density at radius 2 is 1.57 bits per heavy atom. The van der Waals surface area contributed by atoms with Crippen LogP contribution in [0.3, 0.4) is 0 Å². The predicted molar refractivity (Wildman–Crippen MR) is 136 cm³/mol. The van der Waals surface area contributed by atoms with Gasteiger partial charge in [-0.1, -0.05) is 56.0 Å². The van der Waals surface area contributed by atoms with E-state index in [9.17, 15) is 9.59 Å². The van der Waals surface area contributed by atoms with E-state index in [-0.39, 0.29) is 17.7 Å². The monoisotopic (exact) mass is 471 g/mol. The minimum atomic E-state index is 0.0128. The second-order valence-electron chi connectivity index (χ2n) is 9.65. The first-order valence-corrected chi connectivity index (χ1v) is 12.8. The van der Waals surface area contributed by atoms with Crippen molar-refractivity contribution in [2.24, 2.45) is 5.92 Å². The number of H-pyrrole nitrogens is 1. The quantitative estimate of drug-likeness (QED) is 0.568. The molecule has 3 aromatic rings. The number of benzene rings is 2. The molecule has 1 saturated carbocycles. The van der Waals surface area contributed by atoms with Gasteiger partial charge in [-0.15, -0.1) is 0 Å². The van der Waals surface area contributed by atoms with Gasteiger partial charge in [0.05, 0.1) is 0 Å². The van der Waals surface area contributed by atoms with Gasteiger partial charge in [-0.25, -0.2) is 4.98 Å². The zero-order valence-corrected chi connectivity index (χ0v) is 20.2. The van der Waals surface area contributed by atoms with Crippen molar-refractivity contribution in [3.05, 3.63) is 66.0 Å². The lowest BCUT2D eigenvalue weighted by Crippen LogP contribution is -2.36. The summed E-state index contributed by atoms with van der Waals surface area (Å²) in [6, 6.07) is 15.6. The van der Waals surface area contributed by atoms with Crippen LogP contribution in [0.2, 0.25) is 0 Å². The van der Waals surface area contributed by atoms with Gasteiger partial charge in [-0.2, -0.15) is 5.10 Å². The number of nitrogens with zero attached hydrogens (tertiary/aromatic N) is 4. The molecule has 2 aliphatic rings. The number of carbonyl (C=O) groups excluding carboxylic acids is 2. The van der Waals surface area contributed by atoms with Gasteiger partial charge in [0.2, 0.25) is 5.91 Å². The summed E-state index contributed by atoms with van der Waals surface area (Å²) in [4.78, 5) is 35.0. The van der Waals surface area contributed by atoms with E-state index in [1.165, 1.54) is 12.7 Å². The first-order valence-electron chi connectivity index (χ1n) is 12.8. The van der Waals surface area contributed by atoms with E-state index in [0.29, 0.717) is 24.5 Å². The summed E-state index contributed by atoms with van der Waals surface area (Å²) in [7, 11) is 0. The van der Waals surface area contributed by atoms with Crippen LogP contribution in [-0.2, 0) is 11.3 Å². The van der Waals surface area contributed by atoms with Gasteiger partial charge in [-0.05, 0) is 49.4 Å². The SMILES string of the molecule is O=C(c1ccc(-c2ncn[nH]2)cc1)N1CCCCCCCCN(C(=O)C2CC2)c2ccccc2C1. The number of carbonyl (C=O) groups is 2. The van der Waals surface area contributed by atoms with Gasteiger partial charge < -0.3 is 9.80 Å². The summed E-state index contributed by atoms with van der Waals surface area (Å²) >= 11 is 0. The molecular formula is C28H33N5O2. The van der Waals surface area contributed by atoms with Crippen LogP contribution in [0.4, 0.5) is 5.69 Å². The van der Waals surface area contributed by atoms with E-state index in [2.05, 4.69) is 21.2 Å². The second-order valence-corrected chi connectivity index (χ2v) is 9.65. The summed E-state index contributed by atoms with van der Waals surface area (Å²) in [5, 5.41) is 6.76. The second kappa shape index (κ2) is 10.8. The molecule has 1 aliphatic carbocycles. The Morgan fingerprint density at radius 1 is 0.857 bits per heavy atom. The number of nitrogens with one attached hydrogen (secondary N) is 1. The number of aromatic nitrogens is 3. The third-order valence-electron chi connectivity index (χ3n) is 7.00. The summed E-state index contributed by atoms with van der Waals surface area (Å²) in [6.45, 7) is 1.95. The number of hydrogen-bond donors (Lipinski definition) is 1. The lowest BCUT2D eigenvalue weighted by atomic mass is 10.1. The molecule has 1 N–H and O–H groups in total. The third kappa shape index (κ3) is 5.61. The van der Waals surface area contributed by atoms with Crippen LogP contribution in [0, 0.1) is 5.92 Å². The molecule has 0 atom stereocenters. The molecule has 2 aromatic carbocycles. The molecule has 0 saturated heterocycles. The van der Waals surface area contributed by atoms with Crippen LogP contribution in [0.5, 0.6) is 0 Å². The summed E-state index contributed by atoms with van der Waals surface area (Å²) in [5.74, 6) is 1.10. The van der Waals surface area contributed by atoms with E-state index < -0.39 is 0 Å². The highest BCUT2D eigenvalue weighted by Gasteiger charge is 2.34. The largest absolute Gasteiger partial charge is 0.334 e. The fourth-order valence-electron chi connectivity index (χ4n) is 4.84. The fourth-order valence-corrected chi connectivity index (χ4v) is 4.84. The van der Waals surface area contributed by atoms with Crippen LogP contribution in [-0.4, -0.2) is 45.0 Å². The molecule has 2 heterocycles. The molecule has 0 bridgehead atoms. The van der Waals surface area contributed by atoms with E-state index in [1.807, 2.05) is 52.3 Å².